The van der Waals surface area contributed by atoms with Gasteiger partial charge < -0.3 is 13.9 Å². The Morgan fingerprint density at radius 1 is 1.21 bits per heavy atom. The first-order valence-electron chi connectivity index (χ1n) is 11.7. The number of furan rings is 1. The van der Waals surface area contributed by atoms with Gasteiger partial charge in [0, 0.05) is 10.0 Å². The smallest absolute Gasteiger partial charge is 0.338 e. The first kappa shape index (κ1) is 26.6. The molecule has 0 saturated carbocycles. The van der Waals surface area contributed by atoms with Gasteiger partial charge in [-0.1, -0.05) is 45.5 Å². The third kappa shape index (κ3) is 5.04. The molecule has 0 fully saturated rings. The molecule has 0 spiro atoms. The Balaban J connectivity index is 1.67. The number of allylic oxidation sites excluding steroid dienone is 1. The number of carbonyl (C=O) groups excluding carboxylic acids is 1. The van der Waals surface area contributed by atoms with Crippen LogP contribution in [0.1, 0.15) is 31.2 Å². The molecule has 4 aromatic rings. The van der Waals surface area contributed by atoms with Crippen LogP contribution in [0.2, 0.25) is 0 Å². The number of nitrogens with zero attached hydrogens (tertiary/aromatic N) is 2. The highest BCUT2D eigenvalue weighted by molar-refractivity contribution is 14.1. The summed E-state index contributed by atoms with van der Waals surface area (Å²) in [6.45, 7) is 3.69. The van der Waals surface area contributed by atoms with Gasteiger partial charge in [-0.2, -0.15) is 0 Å². The van der Waals surface area contributed by atoms with Gasteiger partial charge in [0.1, 0.15) is 23.3 Å². The first-order valence-corrected chi connectivity index (χ1v) is 14.4. The van der Waals surface area contributed by atoms with Gasteiger partial charge >= 0.3 is 5.97 Å². The van der Waals surface area contributed by atoms with Gasteiger partial charge in [0.25, 0.3) is 5.56 Å². The van der Waals surface area contributed by atoms with E-state index in [-0.39, 0.29) is 17.7 Å². The molecular weight excluding hydrogens is 683 g/mol. The number of thiazole rings is 1. The molecule has 0 unspecified atom stereocenters. The van der Waals surface area contributed by atoms with Gasteiger partial charge in [0.05, 0.1) is 33.1 Å². The Morgan fingerprint density at radius 2 is 1.97 bits per heavy atom. The van der Waals surface area contributed by atoms with E-state index in [1.807, 2.05) is 54.6 Å². The molecule has 0 bridgehead atoms. The van der Waals surface area contributed by atoms with E-state index in [0.29, 0.717) is 26.6 Å². The summed E-state index contributed by atoms with van der Waals surface area (Å²) in [7, 11) is 1.62. The average Bonchev–Trinajstić information content (AvgIpc) is 3.49. The second kappa shape index (κ2) is 11.0. The Bertz CT molecular complexity index is 1750. The third-order valence-corrected chi connectivity index (χ3v) is 8.37. The summed E-state index contributed by atoms with van der Waals surface area (Å²) in [4.78, 5) is 32.0. The number of rotatable bonds is 6. The normalized spacial score (nSPS) is 15.3. The van der Waals surface area contributed by atoms with Crippen LogP contribution in [0.25, 0.3) is 17.4 Å². The molecule has 2 aromatic carbocycles. The number of fused-ring (bicyclic) bond motifs is 1. The van der Waals surface area contributed by atoms with Crippen molar-refractivity contribution in [2.75, 3.05) is 13.7 Å². The van der Waals surface area contributed by atoms with Crippen molar-refractivity contribution >= 4 is 61.9 Å². The van der Waals surface area contributed by atoms with Crippen molar-refractivity contribution in [3.63, 3.8) is 0 Å². The van der Waals surface area contributed by atoms with Gasteiger partial charge in [0.15, 0.2) is 4.80 Å². The standard InChI is InChI=1S/C28H22BrIN2O5S/c1-4-36-27(34)24-15(2)31-28-32(25(24)22-12-11-20(37-22)17-6-8-18(29)9-7-17)26(33)23(38-28)14-16-5-10-21(35-3)19(30)13-16/h5-14,25H,4H2,1-3H3/b23-14-/t25-/m1/s1. The fourth-order valence-corrected chi connectivity index (χ4v) is 6.32. The molecule has 7 nitrogen and oxygen atoms in total. The Hall–Kier alpha value is -2.96. The number of carbonyl (C=O) groups is 1. The summed E-state index contributed by atoms with van der Waals surface area (Å²) < 4.78 is 20.9. The van der Waals surface area contributed by atoms with E-state index >= 15 is 0 Å². The average molecular weight is 705 g/mol. The SMILES string of the molecule is CCOC(=O)C1=C(C)N=c2s/c(=C\c3ccc(OC)c(I)c3)c(=O)n2[C@@H]1c1ccc(-c2ccc(Br)cc2)o1. The van der Waals surface area contributed by atoms with E-state index in [4.69, 9.17) is 13.9 Å². The van der Waals surface area contributed by atoms with Crippen molar-refractivity contribution in [2.45, 2.75) is 19.9 Å². The number of esters is 1. The zero-order valence-electron chi connectivity index (χ0n) is 20.7. The molecule has 194 valence electrons. The molecule has 10 heteroatoms. The number of benzene rings is 2. The highest BCUT2D eigenvalue weighted by Crippen LogP contribution is 2.34. The number of ether oxygens (including phenoxy) is 2. The van der Waals surface area contributed by atoms with Crippen molar-refractivity contribution in [1.29, 1.82) is 0 Å². The van der Waals surface area contributed by atoms with Crippen LogP contribution in [-0.4, -0.2) is 24.3 Å². The fraction of sp³-hybridized carbons (Fsp3) is 0.179. The van der Waals surface area contributed by atoms with E-state index in [1.165, 1.54) is 15.9 Å². The Labute approximate surface area is 244 Å². The summed E-state index contributed by atoms with van der Waals surface area (Å²) in [6.07, 6.45) is 1.82. The second-order valence-corrected chi connectivity index (χ2v) is 11.5. The van der Waals surface area contributed by atoms with Gasteiger partial charge in [-0.05, 0) is 84.5 Å². The summed E-state index contributed by atoms with van der Waals surface area (Å²) in [6, 6.07) is 16.2. The lowest BCUT2D eigenvalue weighted by atomic mass is 10.0. The largest absolute Gasteiger partial charge is 0.496 e. The second-order valence-electron chi connectivity index (χ2n) is 8.41. The van der Waals surface area contributed by atoms with Gasteiger partial charge in [-0.25, -0.2) is 9.79 Å². The molecule has 0 radical (unpaired) electrons. The first-order chi connectivity index (χ1) is 18.3. The number of hydrogen-bond acceptors (Lipinski definition) is 7. The van der Waals surface area contributed by atoms with Crippen LogP contribution in [0.3, 0.4) is 0 Å². The Morgan fingerprint density at radius 3 is 2.66 bits per heavy atom. The summed E-state index contributed by atoms with van der Waals surface area (Å²) >= 11 is 6.91. The van der Waals surface area contributed by atoms with E-state index in [0.717, 1.165) is 24.9 Å². The molecule has 5 rings (SSSR count). The number of hydrogen-bond donors (Lipinski definition) is 0. The minimum Gasteiger partial charge on any atom is -0.496 e. The van der Waals surface area contributed by atoms with Crippen molar-refractivity contribution in [3.05, 3.63) is 105 Å². The van der Waals surface area contributed by atoms with E-state index in [9.17, 15) is 9.59 Å². The molecule has 38 heavy (non-hydrogen) atoms. The van der Waals surface area contributed by atoms with Gasteiger partial charge in [-0.15, -0.1) is 0 Å². The predicted molar refractivity (Wildman–Crippen MR) is 158 cm³/mol. The summed E-state index contributed by atoms with van der Waals surface area (Å²) in [5.41, 5.74) is 2.23. The van der Waals surface area contributed by atoms with Crippen LogP contribution < -0.4 is 19.6 Å². The maximum atomic E-state index is 13.8. The molecule has 1 atom stereocenters. The van der Waals surface area contributed by atoms with Crippen molar-refractivity contribution < 1.29 is 18.7 Å². The molecule has 1 aliphatic heterocycles. The molecule has 0 amide bonds. The molecule has 2 aromatic heterocycles. The molecule has 0 N–H and O–H groups in total. The minimum absolute atomic E-state index is 0.200. The maximum absolute atomic E-state index is 13.8. The van der Waals surface area contributed by atoms with E-state index in [1.54, 1.807) is 27.0 Å². The number of methoxy groups -OCH3 is 1. The van der Waals surface area contributed by atoms with Crippen molar-refractivity contribution in [2.24, 2.45) is 4.99 Å². The third-order valence-electron chi connectivity index (χ3n) is 6.02. The minimum atomic E-state index is -0.812. The van der Waals surface area contributed by atoms with Crippen LogP contribution in [0.15, 0.2) is 84.5 Å². The molecule has 1 aliphatic rings. The maximum Gasteiger partial charge on any atom is 0.338 e. The van der Waals surface area contributed by atoms with E-state index in [2.05, 4.69) is 43.5 Å². The molecule has 3 heterocycles. The van der Waals surface area contributed by atoms with Crippen LogP contribution in [0.4, 0.5) is 0 Å². The van der Waals surface area contributed by atoms with Crippen LogP contribution in [0, 0.1) is 3.57 Å². The summed E-state index contributed by atoms with van der Waals surface area (Å²) in [5.74, 6) is 1.31. The van der Waals surface area contributed by atoms with Gasteiger partial charge in [-0.3, -0.25) is 9.36 Å². The molecular formula is C28H22BrIN2O5S. The Kier molecular flexibility index (Phi) is 7.73. The van der Waals surface area contributed by atoms with E-state index < -0.39 is 12.0 Å². The summed E-state index contributed by atoms with van der Waals surface area (Å²) in [5, 5.41) is 0. The van der Waals surface area contributed by atoms with Crippen LogP contribution in [0.5, 0.6) is 5.75 Å². The van der Waals surface area contributed by atoms with Crippen LogP contribution >= 0.6 is 49.9 Å². The number of aromatic nitrogens is 1. The fourth-order valence-electron chi connectivity index (χ4n) is 4.25. The van der Waals surface area contributed by atoms with Crippen molar-refractivity contribution in [3.8, 4) is 17.1 Å². The zero-order chi connectivity index (χ0) is 27.0. The predicted octanol–water partition coefficient (Wildman–Crippen LogP) is 5.43. The highest BCUT2D eigenvalue weighted by Gasteiger charge is 2.35. The van der Waals surface area contributed by atoms with Crippen molar-refractivity contribution in [1.82, 2.24) is 4.57 Å². The zero-order valence-corrected chi connectivity index (χ0v) is 25.2. The van der Waals surface area contributed by atoms with Gasteiger partial charge in [0.2, 0.25) is 0 Å². The lowest BCUT2D eigenvalue weighted by Crippen LogP contribution is -2.39. The molecule has 0 saturated heterocycles. The lowest BCUT2D eigenvalue weighted by Gasteiger charge is -2.22. The quantitative estimate of drug-likeness (QED) is 0.198. The highest BCUT2D eigenvalue weighted by atomic mass is 127. The topological polar surface area (TPSA) is 83.0 Å². The molecule has 0 aliphatic carbocycles. The monoisotopic (exact) mass is 704 g/mol. The lowest BCUT2D eigenvalue weighted by molar-refractivity contribution is -0.139. The number of halogens is 2. The van der Waals surface area contributed by atoms with Crippen LogP contribution in [-0.2, 0) is 9.53 Å².